The summed E-state index contributed by atoms with van der Waals surface area (Å²) in [7, 11) is 0. The van der Waals surface area contributed by atoms with Crippen LogP contribution in [0.5, 0.6) is 0 Å². The molecule has 1 aliphatic rings. The summed E-state index contributed by atoms with van der Waals surface area (Å²) in [4.78, 5) is 14.4. The van der Waals surface area contributed by atoms with Gasteiger partial charge in [0.05, 0.1) is 12.3 Å². The lowest BCUT2D eigenvalue weighted by Gasteiger charge is -2.29. The first kappa shape index (κ1) is 16.1. The van der Waals surface area contributed by atoms with Crippen LogP contribution in [-0.2, 0) is 4.79 Å². The Kier molecular flexibility index (Phi) is 6.30. The average Bonchev–Trinajstić information content (AvgIpc) is 2.81. The van der Waals surface area contributed by atoms with Crippen LogP contribution in [0.1, 0.15) is 57.8 Å². The Balaban J connectivity index is 1.97. The molecule has 1 aliphatic heterocycles. The molecule has 4 nitrogen and oxygen atoms in total. The van der Waals surface area contributed by atoms with Crippen molar-refractivity contribution < 1.29 is 9.21 Å². The minimum Gasteiger partial charge on any atom is -0.468 e. The maximum Gasteiger partial charge on any atom is 0.220 e. The molecule has 118 valence electrons. The zero-order valence-electron chi connectivity index (χ0n) is 13.3. The first-order chi connectivity index (χ1) is 10.2. The predicted molar refractivity (Wildman–Crippen MR) is 84.0 cm³/mol. The SMILES string of the molecule is CC(C)CC(=O)NCC(c1ccco1)N1CCCCCC1. The Bertz CT molecular complexity index is 406. The van der Waals surface area contributed by atoms with Crippen LogP contribution in [-0.4, -0.2) is 30.4 Å². The van der Waals surface area contributed by atoms with Crippen LogP contribution < -0.4 is 5.32 Å². The summed E-state index contributed by atoms with van der Waals surface area (Å²) in [6.07, 6.45) is 7.39. The molecule has 0 bridgehead atoms. The van der Waals surface area contributed by atoms with Gasteiger partial charge in [-0.25, -0.2) is 0 Å². The van der Waals surface area contributed by atoms with E-state index in [1.165, 1.54) is 25.7 Å². The number of furan rings is 1. The monoisotopic (exact) mass is 292 g/mol. The molecule has 0 aromatic carbocycles. The van der Waals surface area contributed by atoms with Gasteiger partial charge in [-0.05, 0) is 44.0 Å². The van der Waals surface area contributed by atoms with E-state index in [0.29, 0.717) is 18.9 Å². The highest BCUT2D eigenvalue weighted by Gasteiger charge is 2.24. The third kappa shape index (κ3) is 5.20. The van der Waals surface area contributed by atoms with Crippen molar-refractivity contribution >= 4 is 5.91 Å². The quantitative estimate of drug-likeness (QED) is 0.874. The van der Waals surface area contributed by atoms with Gasteiger partial charge in [0.2, 0.25) is 5.91 Å². The minimum atomic E-state index is 0.136. The van der Waals surface area contributed by atoms with Crippen molar-refractivity contribution in [2.45, 2.75) is 52.0 Å². The number of nitrogens with zero attached hydrogens (tertiary/aromatic N) is 1. The Morgan fingerprint density at radius 1 is 1.29 bits per heavy atom. The largest absolute Gasteiger partial charge is 0.468 e. The first-order valence-electron chi connectivity index (χ1n) is 8.21. The standard InChI is InChI=1S/C17H28N2O2/c1-14(2)12-17(20)18-13-15(16-8-7-11-21-16)19-9-5-3-4-6-10-19/h7-8,11,14-15H,3-6,9-10,12-13H2,1-2H3,(H,18,20). The summed E-state index contributed by atoms with van der Waals surface area (Å²) in [5, 5.41) is 3.08. The second kappa shape index (κ2) is 8.23. The Morgan fingerprint density at radius 2 is 2.00 bits per heavy atom. The molecule has 0 saturated carbocycles. The van der Waals surface area contributed by atoms with Crippen molar-refractivity contribution in [1.82, 2.24) is 10.2 Å². The molecular weight excluding hydrogens is 264 g/mol. The number of carbonyl (C=O) groups excluding carboxylic acids is 1. The van der Waals surface area contributed by atoms with Crippen LogP contribution in [0.4, 0.5) is 0 Å². The highest BCUT2D eigenvalue weighted by atomic mass is 16.3. The molecule has 1 fully saturated rings. The van der Waals surface area contributed by atoms with E-state index in [0.717, 1.165) is 18.8 Å². The van der Waals surface area contributed by atoms with Crippen LogP contribution in [0.25, 0.3) is 0 Å². The van der Waals surface area contributed by atoms with Gasteiger partial charge in [0, 0.05) is 13.0 Å². The molecule has 2 heterocycles. The van der Waals surface area contributed by atoms with Crippen LogP contribution in [0.3, 0.4) is 0 Å². The fourth-order valence-electron chi connectivity index (χ4n) is 2.95. The van der Waals surface area contributed by atoms with Crippen LogP contribution in [0.2, 0.25) is 0 Å². The molecule has 0 radical (unpaired) electrons. The molecule has 1 amide bonds. The smallest absolute Gasteiger partial charge is 0.220 e. The molecule has 1 N–H and O–H groups in total. The highest BCUT2D eigenvalue weighted by Crippen LogP contribution is 2.24. The van der Waals surface area contributed by atoms with Crippen molar-refractivity contribution in [2.24, 2.45) is 5.92 Å². The maximum absolute atomic E-state index is 11.9. The number of likely N-dealkylation sites (tertiary alicyclic amines) is 1. The number of amides is 1. The third-order valence-electron chi connectivity index (χ3n) is 4.04. The van der Waals surface area contributed by atoms with Crippen LogP contribution in [0.15, 0.2) is 22.8 Å². The van der Waals surface area contributed by atoms with E-state index in [-0.39, 0.29) is 11.9 Å². The molecule has 1 saturated heterocycles. The number of carbonyl (C=O) groups is 1. The van der Waals surface area contributed by atoms with Gasteiger partial charge in [-0.2, -0.15) is 0 Å². The first-order valence-corrected chi connectivity index (χ1v) is 8.21. The van der Waals surface area contributed by atoms with Gasteiger partial charge >= 0.3 is 0 Å². The van der Waals surface area contributed by atoms with Gasteiger partial charge < -0.3 is 9.73 Å². The summed E-state index contributed by atoms with van der Waals surface area (Å²) >= 11 is 0. The van der Waals surface area contributed by atoms with E-state index in [1.807, 2.05) is 12.1 Å². The summed E-state index contributed by atoms with van der Waals surface area (Å²) in [5.41, 5.74) is 0. The van der Waals surface area contributed by atoms with Crippen molar-refractivity contribution in [3.63, 3.8) is 0 Å². The number of hydrogen-bond donors (Lipinski definition) is 1. The fraction of sp³-hybridized carbons (Fsp3) is 0.706. The summed E-state index contributed by atoms with van der Waals surface area (Å²) in [5.74, 6) is 1.49. The van der Waals surface area contributed by atoms with Gasteiger partial charge in [-0.3, -0.25) is 9.69 Å². The van der Waals surface area contributed by atoms with E-state index < -0.39 is 0 Å². The number of hydrogen-bond acceptors (Lipinski definition) is 3. The number of nitrogens with one attached hydrogen (secondary N) is 1. The van der Waals surface area contributed by atoms with E-state index >= 15 is 0 Å². The fourth-order valence-corrected chi connectivity index (χ4v) is 2.95. The molecule has 21 heavy (non-hydrogen) atoms. The van der Waals surface area contributed by atoms with Crippen LogP contribution >= 0.6 is 0 Å². The lowest BCUT2D eigenvalue weighted by molar-refractivity contribution is -0.122. The molecule has 1 atom stereocenters. The lowest BCUT2D eigenvalue weighted by atomic mass is 10.1. The summed E-state index contributed by atoms with van der Waals surface area (Å²) < 4.78 is 5.61. The lowest BCUT2D eigenvalue weighted by Crippen LogP contribution is -2.38. The van der Waals surface area contributed by atoms with Gasteiger partial charge in [0.1, 0.15) is 5.76 Å². The van der Waals surface area contributed by atoms with Crippen molar-refractivity contribution in [3.05, 3.63) is 24.2 Å². The predicted octanol–water partition coefficient (Wildman–Crippen LogP) is 3.36. The van der Waals surface area contributed by atoms with Gasteiger partial charge in [0.25, 0.3) is 0 Å². The van der Waals surface area contributed by atoms with Crippen molar-refractivity contribution in [1.29, 1.82) is 0 Å². The molecule has 0 aliphatic carbocycles. The molecule has 1 aromatic heterocycles. The van der Waals surface area contributed by atoms with Crippen LogP contribution in [0, 0.1) is 5.92 Å². The van der Waals surface area contributed by atoms with E-state index in [1.54, 1.807) is 6.26 Å². The van der Waals surface area contributed by atoms with Crippen molar-refractivity contribution in [2.75, 3.05) is 19.6 Å². The maximum atomic E-state index is 11.9. The van der Waals surface area contributed by atoms with Crippen molar-refractivity contribution in [3.8, 4) is 0 Å². The van der Waals surface area contributed by atoms with E-state index in [2.05, 4.69) is 24.1 Å². The Hall–Kier alpha value is -1.29. The molecule has 1 aromatic rings. The minimum absolute atomic E-state index is 0.136. The van der Waals surface area contributed by atoms with E-state index in [4.69, 9.17) is 4.42 Å². The second-order valence-corrected chi connectivity index (χ2v) is 6.38. The third-order valence-corrected chi connectivity index (χ3v) is 4.04. The van der Waals surface area contributed by atoms with Gasteiger partial charge in [0.15, 0.2) is 0 Å². The molecule has 2 rings (SSSR count). The topological polar surface area (TPSA) is 45.5 Å². The van der Waals surface area contributed by atoms with Gasteiger partial charge in [-0.1, -0.05) is 26.7 Å². The second-order valence-electron chi connectivity index (χ2n) is 6.38. The Morgan fingerprint density at radius 3 is 2.57 bits per heavy atom. The Labute approximate surface area is 127 Å². The molecule has 4 heteroatoms. The average molecular weight is 292 g/mol. The van der Waals surface area contributed by atoms with Gasteiger partial charge in [-0.15, -0.1) is 0 Å². The zero-order chi connectivity index (χ0) is 15.1. The molecule has 0 spiro atoms. The molecular formula is C17H28N2O2. The zero-order valence-corrected chi connectivity index (χ0v) is 13.3. The summed E-state index contributed by atoms with van der Waals surface area (Å²) in [6.45, 7) is 6.95. The summed E-state index contributed by atoms with van der Waals surface area (Å²) in [6, 6.07) is 4.11. The highest BCUT2D eigenvalue weighted by molar-refractivity contribution is 5.76. The normalized spacial score (nSPS) is 18.4. The van der Waals surface area contributed by atoms with E-state index in [9.17, 15) is 4.79 Å². The number of rotatable bonds is 6. The molecule has 1 unspecified atom stereocenters.